The number of nitrogens with one attached hydrogen (secondary N) is 1. The zero-order chi connectivity index (χ0) is 14.6. The van der Waals surface area contributed by atoms with Crippen molar-refractivity contribution in [2.75, 3.05) is 38.1 Å². The van der Waals surface area contributed by atoms with Crippen molar-refractivity contribution < 1.29 is 27.4 Å². The lowest BCUT2D eigenvalue weighted by Crippen LogP contribution is -2.12. The molecule has 0 bridgehead atoms. The van der Waals surface area contributed by atoms with Gasteiger partial charge in [-0.05, 0) is 12.1 Å². The minimum atomic E-state index is -3.41. The van der Waals surface area contributed by atoms with E-state index in [4.69, 9.17) is 18.9 Å². The molecule has 1 saturated heterocycles. The van der Waals surface area contributed by atoms with E-state index in [9.17, 15) is 8.42 Å². The molecular formula is C12H17NO6S. The molecule has 7 nitrogen and oxygen atoms in total. The SMILES string of the molecule is COCOc1ccc(OC[C@@H]2CO2)cc1NS(C)(=O)=O. The Bertz CT molecular complexity index is 555. The number of hydrogen-bond acceptors (Lipinski definition) is 6. The molecule has 1 atom stereocenters. The standard InChI is InChI=1S/C12H17NO6S/c1-16-8-19-12-4-3-9(17-6-10-7-18-10)5-11(12)13-20(2,14)15/h3-5,10,13H,6-8H2,1-2H3/t10-/m1/s1. The first kappa shape index (κ1) is 14.9. The topological polar surface area (TPSA) is 86.4 Å². The van der Waals surface area contributed by atoms with Gasteiger partial charge in [-0.2, -0.15) is 0 Å². The zero-order valence-electron chi connectivity index (χ0n) is 11.3. The van der Waals surface area contributed by atoms with E-state index in [0.29, 0.717) is 30.4 Å². The molecule has 1 N–H and O–H groups in total. The first-order valence-corrected chi connectivity index (χ1v) is 7.85. The molecule has 1 fully saturated rings. The number of hydrogen-bond donors (Lipinski definition) is 1. The minimum absolute atomic E-state index is 0.0224. The molecule has 1 heterocycles. The van der Waals surface area contributed by atoms with Gasteiger partial charge < -0.3 is 18.9 Å². The first-order valence-electron chi connectivity index (χ1n) is 5.96. The Morgan fingerprint density at radius 2 is 2.15 bits per heavy atom. The molecule has 0 spiro atoms. The van der Waals surface area contributed by atoms with Gasteiger partial charge in [0.15, 0.2) is 6.79 Å². The van der Waals surface area contributed by atoms with Gasteiger partial charge in [-0.15, -0.1) is 0 Å². The van der Waals surface area contributed by atoms with Crippen LogP contribution in [-0.2, 0) is 19.5 Å². The van der Waals surface area contributed by atoms with Crippen LogP contribution in [0.2, 0.25) is 0 Å². The summed E-state index contributed by atoms with van der Waals surface area (Å²) in [5.74, 6) is 0.906. The maximum atomic E-state index is 11.4. The van der Waals surface area contributed by atoms with Gasteiger partial charge in [0.2, 0.25) is 10.0 Å². The summed E-state index contributed by atoms with van der Waals surface area (Å²) in [5, 5.41) is 0. The fourth-order valence-corrected chi connectivity index (χ4v) is 2.04. The van der Waals surface area contributed by atoms with E-state index in [0.717, 1.165) is 6.26 Å². The smallest absolute Gasteiger partial charge is 0.229 e. The molecule has 20 heavy (non-hydrogen) atoms. The minimum Gasteiger partial charge on any atom is -0.491 e. The Labute approximate surface area is 117 Å². The van der Waals surface area contributed by atoms with Crippen molar-refractivity contribution >= 4 is 15.7 Å². The van der Waals surface area contributed by atoms with Gasteiger partial charge in [0.25, 0.3) is 0 Å². The third-order valence-corrected chi connectivity index (χ3v) is 3.01. The Balaban J connectivity index is 2.13. The van der Waals surface area contributed by atoms with E-state index in [1.54, 1.807) is 18.2 Å². The highest BCUT2D eigenvalue weighted by Crippen LogP contribution is 2.30. The van der Waals surface area contributed by atoms with Gasteiger partial charge in [-0.1, -0.05) is 0 Å². The summed E-state index contributed by atoms with van der Waals surface area (Å²) in [7, 11) is -1.93. The summed E-state index contributed by atoms with van der Waals surface area (Å²) in [6.45, 7) is 1.16. The van der Waals surface area contributed by atoms with Crippen LogP contribution in [0.5, 0.6) is 11.5 Å². The van der Waals surface area contributed by atoms with Crippen LogP contribution in [0, 0.1) is 0 Å². The van der Waals surface area contributed by atoms with Gasteiger partial charge >= 0.3 is 0 Å². The lowest BCUT2D eigenvalue weighted by Gasteiger charge is -2.13. The predicted molar refractivity (Wildman–Crippen MR) is 72.6 cm³/mol. The van der Waals surface area contributed by atoms with Crippen LogP contribution in [0.1, 0.15) is 0 Å². The molecule has 0 aromatic heterocycles. The van der Waals surface area contributed by atoms with E-state index in [-0.39, 0.29) is 12.9 Å². The van der Waals surface area contributed by atoms with Crippen LogP contribution >= 0.6 is 0 Å². The molecular weight excluding hydrogens is 286 g/mol. The van der Waals surface area contributed by atoms with E-state index in [1.165, 1.54) is 7.11 Å². The quantitative estimate of drug-likeness (QED) is 0.565. The maximum absolute atomic E-state index is 11.4. The van der Waals surface area contributed by atoms with E-state index < -0.39 is 10.0 Å². The van der Waals surface area contributed by atoms with Gasteiger partial charge in [-0.25, -0.2) is 8.42 Å². The fourth-order valence-electron chi connectivity index (χ4n) is 1.48. The van der Waals surface area contributed by atoms with E-state index in [1.807, 2.05) is 0 Å². The summed E-state index contributed by atoms with van der Waals surface area (Å²) in [6, 6.07) is 4.88. The Kier molecular flexibility index (Phi) is 4.69. The van der Waals surface area contributed by atoms with Crippen molar-refractivity contribution in [3.8, 4) is 11.5 Å². The van der Waals surface area contributed by atoms with E-state index >= 15 is 0 Å². The number of epoxide rings is 1. The highest BCUT2D eigenvalue weighted by Gasteiger charge is 2.23. The van der Waals surface area contributed by atoms with Crippen molar-refractivity contribution in [3.05, 3.63) is 18.2 Å². The molecule has 1 aromatic rings. The van der Waals surface area contributed by atoms with Crippen LogP contribution in [0.4, 0.5) is 5.69 Å². The monoisotopic (exact) mass is 303 g/mol. The summed E-state index contributed by atoms with van der Waals surface area (Å²) < 4.78 is 45.7. The van der Waals surface area contributed by atoms with Crippen molar-refractivity contribution in [2.45, 2.75) is 6.10 Å². The molecule has 1 aromatic carbocycles. The summed E-state index contributed by atoms with van der Waals surface area (Å²) in [4.78, 5) is 0. The normalized spacial score (nSPS) is 17.6. The van der Waals surface area contributed by atoms with Crippen molar-refractivity contribution in [1.29, 1.82) is 0 Å². The molecule has 1 aliphatic heterocycles. The predicted octanol–water partition coefficient (Wildman–Crippen LogP) is 0.818. The largest absolute Gasteiger partial charge is 0.491 e. The van der Waals surface area contributed by atoms with Crippen molar-refractivity contribution in [2.24, 2.45) is 0 Å². The van der Waals surface area contributed by atoms with Crippen LogP contribution in [-0.4, -0.2) is 47.9 Å². The van der Waals surface area contributed by atoms with Crippen LogP contribution in [0.25, 0.3) is 0 Å². The summed E-state index contributed by atoms with van der Waals surface area (Å²) >= 11 is 0. The summed E-state index contributed by atoms with van der Waals surface area (Å²) in [5.41, 5.74) is 0.304. The van der Waals surface area contributed by atoms with Crippen molar-refractivity contribution in [3.63, 3.8) is 0 Å². The van der Waals surface area contributed by atoms with E-state index in [2.05, 4.69) is 4.72 Å². The molecule has 112 valence electrons. The number of benzene rings is 1. The zero-order valence-corrected chi connectivity index (χ0v) is 12.1. The van der Waals surface area contributed by atoms with Crippen LogP contribution in [0.15, 0.2) is 18.2 Å². The second-order valence-electron chi connectivity index (χ2n) is 4.35. The number of methoxy groups -OCH3 is 1. The lowest BCUT2D eigenvalue weighted by atomic mass is 10.3. The highest BCUT2D eigenvalue weighted by molar-refractivity contribution is 7.92. The van der Waals surface area contributed by atoms with Crippen molar-refractivity contribution in [1.82, 2.24) is 0 Å². The lowest BCUT2D eigenvalue weighted by molar-refractivity contribution is 0.0516. The molecule has 2 rings (SSSR count). The second kappa shape index (κ2) is 6.29. The number of anilines is 1. The van der Waals surface area contributed by atoms with Gasteiger partial charge in [-0.3, -0.25) is 4.72 Å². The molecule has 0 aliphatic carbocycles. The Morgan fingerprint density at radius 1 is 1.40 bits per heavy atom. The number of sulfonamides is 1. The average Bonchev–Trinajstić information content (AvgIpc) is 3.17. The molecule has 0 radical (unpaired) electrons. The third-order valence-electron chi connectivity index (χ3n) is 2.42. The van der Waals surface area contributed by atoms with Gasteiger partial charge in [0, 0.05) is 13.2 Å². The molecule has 1 aliphatic rings. The first-order chi connectivity index (χ1) is 9.48. The maximum Gasteiger partial charge on any atom is 0.229 e. The van der Waals surface area contributed by atoms with Crippen LogP contribution < -0.4 is 14.2 Å². The Hall–Kier alpha value is -1.51. The third kappa shape index (κ3) is 4.87. The molecule has 0 saturated carbocycles. The molecule has 0 unspecified atom stereocenters. The summed E-state index contributed by atoms with van der Waals surface area (Å²) in [6.07, 6.45) is 1.20. The Morgan fingerprint density at radius 3 is 2.75 bits per heavy atom. The van der Waals surface area contributed by atoms with Gasteiger partial charge in [0.05, 0.1) is 18.6 Å². The second-order valence-corrected chi connectivity index (χ2v) is 6.10. The average molecular weight is 303 g/mol. The molecule has 8 heteroatoms. The molecule has 0 amide bonds. The number of rotatable bonds is 8. The van der Waals surface area contributed by atoms with Gasteiger partial charge in [0.1, 0.15) is 24.2 Å². The number of ether oxygens (including phenoxy) is 4. The highest BCUT2D eigenvalue weighted by atomic mass is 32.2. The van der Waals surface area contributed by atoms with Crippen LogP contribution in [0.3, 0.4) is 0 Å². The fraction of sp³-hybridized carbons (Fsp3) is 0.500.